The molecule has 0 aliphatic rings. The van der Waals surface area contributed by atoms with E-state index in [1.807, 2.05) is 0 Å². The maximum atomic E-state index is 10.8. The molecule has 2 amide bonds. The molecule has 15 heavy (non-hydrogen) atoms. The fourth-order valence-electron chi connectivity index (χ4n) is 0.532. The van der Waals surface area contributed by atoms with Crippen LogP contribution in [0.5, 0.6) is 0 Å². The van der Waals surface area contributed by atoms with E-state index in [9.17, 15) is 9.59 Å². The first kappa shape index (κ1) is 15.9. The van der Waals surface area contributed by atoms with Crippen LogP contribution in [0.15, 0.2) is 10.2 Å². The molecular weight excluding hydrogens is 204 g/mol. The Labute approximate surface area is 87.8 Å². The number of nitrogens with zero attached hydrogens (tertiary/aromatic N) is 2. The van der Waals surface area contributed by atoms with Crippen LogP contribution in [0.2, 0.25) is 0 Å². The van der Waals surface area contributed by atoms with Crippen molar-refractivity contribution in [2.45, 2.75) is 39.9 Å². The average Bonchev–Trinajstić information content (AvgIpc) is 1.98. The van der Waals surface area contributed by atoms with Crippen LogP contribution < -0.4 is 0 Å². The molecule has 7 nitrogen and oxygen atoms in total. The largest absolute Gasteiger partial charge is 0.452 e. The summed E-state index contributed by atoms with van der Waals surface area (Å²) in [6, 6.07) is 0. The van der Waals surface area contributed by atoms with Gasteiger partial charge in [-0.25, -0.2) is 9.59 Å². The van der Waals surface area contributed by atoms with E-state index in [0.717, 1.165) is 0 Å². The molecule has 2 N–H and O–H groups in total. The number of hydrogen-bond donors (Lipinski definition) is 0. The van der Waals surface area contributed by atoms with E-state index in [4.69, 9.17) is 0 Å². The molecule has 0 bridgehead atoms. The number of carbonyl (C=O) groups excluding carboxylic acids is 2. The van der Waals surface area contributed by atoms with E-state index in [0.29, 0.717) is 0 Å². The molecule has 0 aromatic rings. The zero-order valence-corrected chi connectivity index (χ0v) is 9.18. The third kappa shape index (κ3) is 10.4. The Hall–Kier alpha value is -1.50. The Morgan fingerprint density at radius 2 is 1.13 bits per heavy atom. The topological polar surface area (TPSA) is 109 Å². The summed E-state index contributed by atoms with van der Waals surface area (Å²) >= 11 is 0. The highest BCUT2D eigenvalue weighted by Crippen LogP contribution is 1.96. The Balaban J connectivity index is 0. The molecule has 0 aromatic heterocycles. The quantitative estimate of drug-likeness (QED) is 0.659. The highest BCUT2D eigenvalue weighted by molar-refractivity contribution is 5.73. The minimum Gasteiger partial charge on any atom is -0.444 e. The van der Waals surface area contributed by atoms with Gasteiger partial charge in [0.25, 0.3) is 0 Å². The minimum atomic E-state index is -0.902. The molecule has 0 radical (unpaired) electrons. The van der Waals surface area contributed by atoms with Crippen molar-refractivity contribution in [1.82, 2.24) is 0 Å². The predicted octanol–water partition coefficient (Wildman–Crippen LogP) is 1.70. The van der Waals surface area contributed by atoms with Gasteiger partial charge in [0.2, 0.25) is 0 Å². The molecule has 0 atom stereocenters. The van der Waals surface area contributed by atoms with Crippen molar-refractivity contribution >= 4 is 12.2 Å². The molecular formula is C8H16N2O5. The van der Waals surface area contributed by atoms with Gasteiger partial charge in [-0.15, -0.1) is 0 Å². The fourth-order valence-corrected chi connectivity index (χ4v) is 0.532. The van der Waals surface area contributed by atoms with Crippen LogP contribution in [0.25, 0.3) is 0 Å². The SMILES string of the molecule is CC(C)OC(=O)N=NC(=O)OC(C)C.O. The molecule has 0 aliphatic carbocycles. The number of amides is 2. The monoisotopic (exact) mass is 220 g/mol. The summed E-state index contributed by atoms with van der Waals surface area (Å²) in [6.07, 6.45) is -2.38. The van der Waals surface area contributed by atoms with Crippen LogP contribution in [-0.4, -0.2) is 29.9 Å². The summed E-state index contributed by atoms with van der Waals surface area (Å²) in [7, 11) is 0. The van der Waals surface area contributed by atoms with Crippen molar-refractivity contribution in [3.05, 3.63) is 0 Å². The Morgan fingerprint density at radius 1 is 0.867 bits per heavy atom. The van der Waals surface area contributed by atoms with E-state index in [1.165, 1.54) is 0 Å². The lowest BCUT2D eigenvalue weighted by molar-refractivity contribution is 0.115. The molecule has 0 spiro atoms. The molecule has 0 fully saturated rings. The normalized spacial score (nSPS) is 10.3. The highest BCUT2D eigenvalue weighted by atomic mass is 16.6. The number of azo groups is 1. The third-order valence-corrected chi connectivity index (χ3v) is 0.886. The number of rotatable bonds is 2. The van der Waals surface area contributed by atoms with Crippen molar-refractivity contribution in [2.75, 3.05) is 0 Å². The van der Waals surface area contributed by atoms with E-state index in [-0.39, 0.29) is 17.7 Å². The predicted molar refractivity (Wildman–Crippen MR) is 51.7 cm³/mol. The number of hydrogen-bond acceptors (Lipinski definition) is 4. The molecule has 0 unspecified atom stereocenters. The molecule has 0 saturated heterocycles. The van der Waals surface area contributed by atoms with Crippen molar-refractivity contribution in [3.63, 3.8) is 0 Å². The molecule has 0 aliphatic heterocycles. The molecule has 0 aromatic carbocycles. The number of ether oxygens (including phenoxy) is 2. The zero-order valence-electron chi connectivity index (χ0n) is 9.18. The Bertz CT molecular complexity index is 213. The summed E-state index contributed by atoms with van der Waals surface area (Å²) in [6.45, 7) is 6.67. The molecule has 88 valence electrons. The first-order chi connectivity index (χ1) is 6.41. The lowest BCUT2D eigenvalue weighted by Crippen LogP contribution is -2.09. The Morgan fingerprint density at radius 3 is 1.33 bits per heavy atom. The van der Waals surface area contributed by atoms with Gasteiger partial charge < -0.3 is 14.9 Å². The maximum absolute atomic E-state index is 10.8. The van der Waals surface area contributed by atoms with Gasteiger partial charge in [-0.3, -0.25) is 0 Å². The van der Waals surface area contributed by atoms with Crippen LogP contribution in [0.4, 0.5) is 9.59 Å². The summed E-state index contributed by atoms with van der Waals surface area (Å²) in [5.74, 6) is 0. The molecule has 0 rings (SSSR count). The second kappa shape index (κ2) is 7.86. The van der Waals surface area contributed by atoms with Crippen molar-refractivity contribution in [1.29, 1.82) is 0 Å². The highest BCUT2D eigenvalue weighted by Gasteiger charge is 2.06. The van der Waals surface area contributed by atoms with Gasteiger partial charge >= 0.3 is 12.2 Å². The van der Waals surface area contributed by atoms with Gasteiger partial charge in [-0.05, 0) is 27.7 Å². The van der Waals surface area contributed by atoms with Crippen LogP contribution in [-0.2, 0) is 9.47 Å². The summed E-state index contributed by atoms with van der Waals surface area (Å²) < 4.78 is 9.20. The molecule has 7 heteroatoms. The smallest absolute Gasteiger partial charge is 0.444 e. The van der Waals surface area contributed by atoms with Crippen molar-refractivity contribution < 1.29 is 24.5 Å². The average molecular weight is 220 g/mol. The van der Waals surface area contributed by atoms with Gasteiger partial charge in [0, 0.05) is 0 Å². The molecule has 0 saturated carbocycles. The zero-order chi connectivity index (χ0) is 11.1. The lowest BCUT2D eigenvalue weighted by atomic mass is 10.5. The minimum absolute atomic E-state index is 0. The van der Waals surface area contributed by atoms with Gasteiger partial charge in [0.15, 0.2) is 0 Å². The van der Waals surface area contributed by atoms with Crippen LogP contribution >= 0.6 is 0 Å². The second-order valence-corrected chi connectivity index (χ2v) is 3.07. The summed E-state index contributed by atoms with van der Waals surface area (Å²) in [5, 5.41) is 6.01. The first-order valence-electron chi connectivity index (χ1n) is 4.24. The van der Waals surface area contributed by atoms with Crippen molar-refractivity contribution in [3.8, 4) is 0 Å². The van der Waals surface area contributed by atoms with Crippen LogP contribution in [0, 0.1) is 0 Å². The van der Waals surface area contributed by atoms with Crippen LogP contribution in [0.1, 0.15) is 27.7 Å². The summed E-state index contributed by atoms with van der Waals surface area (Å²) in [5.41, 5.74) is 0. The third-order valence-electron chi connectivity index (χ3n) is 0.886. The lowest BCUT2D eigenvalue weighted by Gasteiger charge is -2.03. The standard InChI is InChI=1S/C8H14N2O4.H2O/c1-5(2)13-7(11)9-10-8(12)14-6(3)4;/h5-6H,1-4H3;1H2. The van der Waals surface area contributed by atoms with E-state index in [2.05, 4.69) is 19.7 Å². The molecule has 0 heterocycles. The Kier molecular flexibility index (Phi) is 8.36. The fraction of sp³-hybridized carbons (Fsp3) is 0.750. The van der Waals surface area contributed by atoms with Gasteiger partial charge in [0.1, 0.15) is 0 Å². The van der Waals surface area contributed by atoms with Crippen molar-refractivity contribution in [2.24, 2.45) is 10.2 Å². The van der Waals surface area contributed by atoms with Gasteiger partial charge in [-0.1, -0.05) is 10.2 Å². The maximum Gasteiger partial charge on any atom is 0.452 e. The van der Waals surface area contributed by atoms with E-state index < -0.39 is 12.2 Å². The first-order valence-corrected chi connectivity index (χ1v) is 4.24. The van der Waals surface area contributed by atoms with Gasteiger partial charge in [0.05, 0.1) is 12.2 Å². The summed E-state index contributed by atoms with van der Waals surface area (Å²) in [4.78, 5) is 21.5. The second-order valence-electron chi connectivity index (χ2n) is 3.07. The van der Waals surface area contributed by atoms with E-state index >= 15 is 0 Å². The van der Waals surface area contributed by atoms with Gasteiger partial charge in [-0.2, -0.15) is 0 Å². The number of carbonyl (C=O) groups is 2. The van der Waals surface area contributed by atoms with E-state index in [1.54, 1.807) is 27.7 Å². The van der Waals surface area contributed by atoms with Crippen LogP contribution in [0.3, 0.4) is 0 Å².